The molecule has 2 atom stereocenters. The fraction of sp³-hybridized carbons (Fsp3) is 0.542. The summed E-state index contributed by atoms with van der Waals surface area (Å²) in [6.45, 7) is 6.94. The second-order valence-corrected chi connectivity index (χ2v) is 9.84. The maximum atomic E-state index is 11.8. The summed E-state index contributed by atoms with van der Waals surface area (Å²) < 4.78 is 5.85. The number of halogens is 1. The molecule has 0 radical (unpaired) electrons. The predicted octanol–water partition coefficient (Wildman–Crippen LogP) is 2.79. The van der Waals surface area contributed by atoms with Crippen molar-refractivity contribution in [1.29, 1.82) is 0 Å². The van der Waals surface area contributed by atoms with E-state index >= 15 is 0 Å². The van der Waals surface area contributed by atoms with Crippen LogP contribution in [0.15, 0.2) is 18.3 Å². The van der Waals surface area contributed by atoms with Crippen LogP contribution in [0.5, 0.6) is 0 Å². The Morgan fingerprint density at radius 2 is 2.03 bits per heavy atom. The van der Waals surface area contributed by atoms with E-state index in [2.05, 4.69) is 31.9 Å². The van der Waals surface area contributed by atoms with Crippen molar-refractivity contribution in [3.8, 4) is 0 Å². The number of aromatic nitrogens is 5. The molecular weight excluding hydrogens is 468 g/mol. The molecule has 2 saturated heterocycles. The number of rotatable bonds is 3. The van der Waals surface area contributed by atoms with Crippen LogP contribution in [0.1, 0.15) is 49.3 Å². The molecule has 6 rings (SSSR count). The Morgan fingerprint density at radius 1 is 1.23 bits per heavy atom. The van der Waals surface area contributed by atoms with Gasteiger partial charge in [0.25, 0.3) is 0 Å². The Labute approximate surface area is 210 Å². The van der Waals surface area contributed by atoms with Crippen LogP contribution in [0.4, 0.5) is 17.3 Å². The lowest BCUT2D eigenvalue weighted by Crippen LogP contribution is -2.50. The number of aryl methyl sites for hydroxylation is 1. The first kappa shape index (κ1) is 23.9. The van der Waals surface area contributed by atoms with Crippen LogP contribution in [-0.4, -0.2) is 69.3 Å². The van der Waals surface area contributed by atoms with E-state index in [4.69, 9.17) is 20.4 Å². The molecule has 35 heavy (non-hydrogen) atoms. The lowest BCUT2D eigenvalue weighted by atomic mass is 9.73. The number of aromatic amines is 1. The van der Waals surface area contributed by atoms with Crippen molar-refractivity contribution in [2.75, 3.05) is 36.0 Å². The molecule has 3 aliphatic rings. The molecule has 0 aromatic carbocycles. The third-order valence-electron chi connectivity index (χ3n) is 7.82. The molecule has 2 fully saturated rings. The third-order valence-corrected chi connectivity index (χ3v) is 7.82. The molecule has 3 aliphatic heterocycles. The van der Waals surface area contributed by atoms with E-state index in [1.54, 1.807) is 13.0 Å². The molecule has 1 spiro atoms. The van der Waals surface area contributed by atoms with Gasteiger partial charge in [0.1, 0.15) is 11.5 Å². The van der Waals surface area contributed by atoms with Gasteiger partial charge in [-0.1, -0.05) is 0 Å². The summed E-state index contributed by atoms with van der Waals surface area (Å²) >= 11 is 0. The van der Waals surface area contributed by atoms with E-state index in [0.717, 1.165) is 80.5 Å². The summed E-state index contributed by atoms with van der Waals surface area (Å²) in [7, 11) is 0. The molecule has 3 N–H and O–H groups in total. The third kappa shape index (κ3) is 3.93. The van der Waals surface area contributed by atoms with Gasteiger partial charge < -0.3 is 20.3 Å². The van der Waals surface area contributed by atoms with Crippen molar-refractivity contribution in [3.63, 3.8) is 0 Å². The lowest BCUT2D eigenvalue weighted by Gasteiger charge is -2.41. The molecule has 0 bridgehead atoms. The number of H-pyrrole nitrogens is 1. The van der Waals surface area contributed by atoms with E-state index in [9.17, 15) is 4.79 Å². The van der Waals surface area contributed by atoms with Crippen LogP contribution < -0.4 is 15.5 Å². The smallest absolute Gasteiger partial charge is 0.183 e. The fourth-order valence-electron chi connectivity index (χ4n) is 5.64. The predicted molar refractivity (Wildman–Crippen MR) is 136 cm³/mol. The van der Waals surface area contributed by atoms with Gasteiger partial charge in [-0.25, -0.2) is 15.0 Å². The maximum absolute atomic E-state index is 11.8. The summed E-state index contributed by atoms with van der Waals surface area (Å²) in [5.41, 5.74) is 10.3. The van der Waals surface area contributed by atoms with Gasteiger partial charge in [-0.3, -0.25) is 9.89 Å². The summed E-state index contributed by atoms with van der Waals surface area (Å²) in [6.07, 6.45) is 5.72. The van der Waals surface area contributed by atoms with Crippen molar-refractivity contribution in [3.05, 3.63) is 29.7 Å². The number of Topliss-reactive ketones (excluding diaryl/α,β-unsaturated/α-hetero) is 1. The average Bonchev–Trinajstić information content (AvgIpc) is 3.40. The minimum atomic E-state index is -0.0240. The quantitative estimate of drug-likeness (QED) is 0.524. The molecule has 0 aliphatic carbocycles. The SMILES string of the molecule is CC(=O)c1ccc2c(n1)CCCN2c1n[nH]c2nc(N3CCC4(CC3)CO[C@@H](C)[C@H]4N)cnc12.Cl. The molecule has 3 aromatic heterocycles. The Balaban J connectivity index is 0.00000253. The zero-order chi connectivity index (χ0) is 23.4. The van der Waals surface area contributed by atoms with Crippen molar-refractivity contribution in [2.45, 2.75) is 51.7 Å². The largest absolute Gasteiger partial charge is 0.376 e. The van der Waals surface area contributed by atoms with Crippen LogP contribution in [0.25, 0.3) is 11.2 Å². The number of hydrogen-bond donors (Lipinski definition) is 2. The van der Waals surface area contributed by atoms with Crippen LogP contribution >= 0.6 is 12.4 Å². The molecule has 3 aromatic rings. The zero-order valence-corrected chi connectivity index (χ0v) is 20.8. The van der Waals surface area contributed by atoms with Gasteiger partial charge in [0, 0.05) is 38.0 Å². The van der Waals surface area contributed by atoms with Crippen LogP contribution in [0.3, 0.4) is 0 Å². The second-order valence-electron chi connectivity index (χ2n) is 9.84. The van der Waals surface area contributed by atoms with Crippen molar-refractivity contribution >= 4 is 46.7 Å². The number of pyridine rings is 1. The number of nitrogens with two attached hydrogens (primary N) is 1. The number of ether oxygens (including phenoxy) is 1. The highest BCUT2D eigenvalue weighted by Crippen LogP contribution is 2.42. The number of ketones is 1. The monoisotopic (exact) mass is 498 g/mol. The summed E-state index contributed by atoms with van der Waals surface area (Å²) in [5.74, 6) is 1.57. The minimum Gasteiger partial charge on any atom is -0.376 e. The van der Waals surface area contributed by atoms with Gasteiger partial charge in [0.2, 0.25) is 0 Å². The van der Waals surface area contributed by atoms with Gasteiger partial charge >= 0.3 is 0 Å². The van der Waals surface area contributed by atoms with E-state index in [1.807, 2.05) is 12.3 Å². The first-order chi connectivity index (χ1) is 16.4. The van der Waals surface area contributed by atoms with Crippen molar-refractivity contribution in [2.24, 2.45) is 11.1 Å². The molecule has 0 unspecified atom stereocenters. The second kappa shape index (κ2) is 9.00. The van der Waals surface area contributed by atoms with E-state index < -0.39 is 0 Å². The van der Waals surface area contributed by atoms with Gasteiger partial charge in [-0.2, -0.15) is 5.10 Å². The number of nitrogens with one attached hydrogen (secondary N) is 1. The first-order valence-electron chi connectivity index (χ1n) is 12.1. The number of carbonyl (C=O) groups excluding carboxylic acids is 1. The first-order valence-corrected chi connectivity index (χ1v) is 12.1. The highest BCUT2D eigenvalue weighted by atomic mass is 35.5. The van der Waals surface area contributed by atoms with Crippen molar-refractivity contribution < 1.29 is 9.53 Å². The normalized spacial score (nSPS) is 23.4. The molecular formula is C24H31ClN8O2. The summed E-state index contributed by atoms with van der Waals surface area (Å²) in [6, 6.07) is 3.83. The van der Waals surface area contributed by atoms with Crippen molar-refractivity contribution in [1.82, 2.24) is 25.1 Å². The van der Waals surface area contributed by atoms with Crippen LogP contribution in [0.2, 0.25) is 0 Å². The molecule has 186 valence electrons. The van der Waals surface area contributed by atoms with Gasteiger partial charge in [0.15, 0.2) is 22.8 Å². The van der Waals surface area contributed by atoms with E-state index in [0.29, 0.717) is 11.3 Å². The minimum absolute atomic E-state index is 0. The summed E-state index contributed by atoms with van der Waals surface area (Å²) in [4.78, 5) is 30.3. The van der Waals surface area contributed by atoms with Crippen LogP contribution in [0, 0.1) is 5.41 Å². The Morgan fingerprint density at radius 3 is 2.74 bits per heavy atom. The fourth-order valence-corrected chi connectivity index (χ4v) is 5.64. The van der Waals surface area contributed by atoms with Gasteiger partial charge in [-0.15, -0.1) is 12.4 Å². The van der Waals surface area contributed by atoms with Crippen LogP contribution in [-0.2, 0) is 11.2 Å². The number of nitrogens with zero attached hydrogens (tertiary/aromatic N) is 6. The molecule has 11 heteroatoms. The average molecular weight is 499 g/mol. The number of piperidine rings is 1. The Kier molecular flexibility index (Phi) is 6.14. The Bertz CT molecular complexity index is 1260. The standard InChI is InChI=1S/C24H30N8O2.ClH/c1-14(33)16-5-6-18-17(27-16)4-3-9-32(18)23-20-22(29-30-23)28-19(12-26-20)31-10-7-24(8-11-31)13-34-15(2)21(24)25;/h5-6,12,15,21H,3-4,7-11,13,25H2,1-2H3,(H,28,29,30);1H/t15-,21+;/m0./s1. The highest BCUT2D eigenvalue weighted by Gasteiger charge is 2.47. The number of fused-ring (bicyclic) bond motifs is 2. The molecule has 6 heterocycles. The maximum Gasteiger partial charge on any atom is 0.183 e. The molecule has 10 nitrogen and oxygen atoms in total. The van der Waals surface area contributed by atoms with Gasteiger partial charge in [0.05, 0.1) is 30.3 Å². The van der Waals surface area contributed by atoms with E-state index in [1.165, 1.54) is 0 Å². The van der Waals surface area contributed by atoms with E-state index in [-0.39, 0.29) is 35.8 Å². The molecule has 0 saturated carbocycles. The summed E-state index contributed by atoms with van der Waals surface area (Å²) in [5, 5.41) is 7.65. The van der Waals surface area contributed by atoms with Gasteiger partial charge in [-0.05, 0) is 44.7 Å². The number of hydrogen-bond acceptors (Lipinski definition) is 9. The zero-order valence-electron chi connectivity index (χ0n) is 20.0. The number of carbonyl (C=O) groups is 1. The lowest BCUT2D eigenvalue weighted by molar-refractivity contribution is 0.0974. The highest BCUT2D eigenvalue weighted by molar-refractivity contribution is 5.93. The topological polar surface area (TPSA) is 126 Å². The molecule has 0 amide bonds. The number of anilines is 3. The Hall–Kier alpha value is -2.82.